The average molecular weight is 290 g/mol. The molecule has 1 rings (SSSR count). The molecule has 0 aromatic rings. The summed E-state index contributed by atoms with van der Waals surface area (Å²) in [6, 6.07) is 0. The van der Waals surface area contributed by atoms with E-state index < -0.39 is 0 Å². The molecule has 1 heterocycles. The monoisotopic (exact) mass is 289 g/mol. The van der Waals surface area contributed by atoms with Gasteiger partial charge >= 0.3 is 0 Å². The number of hydrogen-bond donors (Lipinski definition) is 2. The Labute approximate surface area is 120 Å². The van der Waals surface area contributed by atoms with Gasteiger partial charge in [0.05, 0.1) is 0 Å². The molecule has 0 aliphatic carbocycles. The second kappa shape index (κ2) is 6.94. The van der Waals surface area contributed by atoms with Crippen molar-refractivity contribution in [3.8, 4) is 0 Å². The van der Waals surface area contributed by atoms with Crippen LogP contribution in [0.15, 0.2) is 4.99 Å². The van der Waals surface area contributed by atoms with Crippen molar-refractivity contribution in [2.45, 2.75) is 43.1 Å². The number of nitrogens with one attached hydrogen (secondary N) is 2. The molecular formula is C13H27N3S2. The molecule has 1 fully saturated rings. The van der Waals surface area contributed by atoms with Crippen LogP contribution in [-0.4, -0.2) is 47.6 Å². The van der Waals surface area contributed by atoms with Gasteiger partial charge in [0, 0.05) is 29.6 Å². The third-order valence-electron chi connectivity index (χ3n) is 3.39. The molecule has 1 saturated heterocycles. The molecule has 0 radical (unpaired) electrons. The van der Waals surface area contributed by atoms with Crippen molar-refractivity contribution in [1.82, 2.24) is 10.6 Å². The summed E-state index contributed by atoms with van der Waals surface area (Å²) in [7, 11) is 1.84. The highest BCUT2D eigenvalue weighted by atomic mass is 32.2. The molecule has 0 aromatic heterocycles. The molecule has 2 N–H and O–H groups in total. The summed E-state index contributed by atoms with van der Waals surface area (Å²) in [5.41, 5.74) is 0. The first-order chi connectivity index (χ1) is 8.41. The van der Waals surface area contributed by atoms with Gasteiger partial charge in [0.1, 0.15) is 0 Å². The molecule has 0 saturated carbocycles. The van der Waals surface area contributed by atoms with E-state index in [9.17, 15) is 0 Å². The zero-order chi connectivity index (χ0) is 13.6. The Hall–Kier alpha value is -0.0300. The first kappa shape index (κ1) is 16.0. The van der Waals surface area contributed by atoms with E-state index in [1.54, 1.807) is 0 Å². The zero-order valence-corrected chi connectivity index (χ0v) is 13.9. The van der Waals surface area contributed by atoms with Gasteiger partial charge in [0.25, 0.3) is 0 Å². The molecule has 0 bridgehead atoms. The lowest BCUT2D eigenvalue weighted by atomic mass is 10.1. The van der Waals surface area contributed by atoms with Crippen LogP contribution in [0.25, 0.3) is 0 Å². The summed E-state index contributed by atoms with van der Waals surface area (Å²) in [6.45, 7) is 8.75. The van der Waals surface area contributed by atoms with Gasteiger partial charge in [0.2, 0.25) is 0 Å². The lowest BCUT2D eigenvalue weighted by Crippen LogP contribution is -2.46. The standard InChI is InChI=1S/C13H27N3S2/c1-12(2,17-5)9-15-11(14-4)16-10-13(3)7-6-8-18-13/h6-10H2,1-5H3,(H2,14,15,16). The fourth-order valence-corrected chi connectivity index (χ4v) is 3.30. The molecule has 106 valence electrons. The van der Waals surface area contributed by atoms with Crippen molar-refractivity contribution in [2.75, 3.05) is 32.1 Å². The van der Waals surface area contributed by atoms with Crippen LogP contribution in [0.5, 0.6) is 0 Å². The quantitative estimate of drug-likeness (QED) is 0.602. The smallest absolute Gasteiger partial charge is 0.191 e. The summed E-state index contributed by atoms with van der Waals surface area (Å²) < 4.78 is 0.621. The van der Waals surface area contributed by atoms with Crippen LogP contribution in [0.4, 0.5) is 0 Å². The van der Waals surface area contributed by atoms with Gasteiger partial charge in [-0.05, 0) is 45.6 Å². The van der Waals surface area contributed by atoms with Crippen molar-refractivity contribution >= 4 is 29.5 Å². The van der Waals surface area contributed by atoms with Gasteiger partial charge in [-0.3, -0.25) is 4.99 Å². The molecule has 0 aromatic carbocycles. The Balaban J connectivity index is 2.34. The van der Waals surface area contributed by atoms with Crippen LogP contribution < -0.4 is 10.6 Å². The maximum atomic E-state index is 4.29. The lowest BCUT2D eigenvalue weighted by molar-refractivity contribution is 0.580. The fraction of sp³-hybridized carbons (Fsp3) is 0.923. The first-order valence-electron chi connectivity index (χ1n) is 6.54. The highest BCUT2D eigenvalue weighted by molar-refractivity contribution is 8.00. The van der Waals surface area contributed by atoms with E-state index in [4.69, 9.17) is 0 Å². The highest BCUT2D eigenvalue weighted by Crippen LogP contribution is 2.36. The molecule has 18 heavy (non-hydrogen) atoms. The molecule has 1 unspecified atom stereocenters. The predicted molar refractivity (Wildman–Crippen MR) is 87.1 cm³/mol. The van der Waals surface area contributed by atoms with Gasteiger partial charge in [-0.1, -0.05) is 0 Å². The lowest BCUT2D eigenvalue weighted by Gasteiger charge is -2.27. The molecule has 5 heteroatoms. The Morgan fingerprint density at radius 2 is 2.17 bits per heavy atom. The fourth-order valence-electron chi connectivity index (χ4n) is 1.84. The first-order valence-corrected chi connectivity index (χ1v) is 8.75. The van der Waals surface area contributed by atoms with E-state index >= 15 is 0 Å². The summed E-state index contributed by atoms with van der Waals surface area (Å²) in [4.78, 5) is 4.29. The van der Waals surface area contributed by atoms with Gasteiger partial charge < -0.3 is 10.6 Å². The van der Waals surface area contributed by atoms with Crippen LogP contribution in [-0.2, 0) is 0 Å². The summed E-state index contributed by atoms with van der Waals surface area (Å²) in [5.74, 6) is 2.22. The molecule has 1 aliphatic heterocycles. The molecule has 1 aliphatic rings. The second-order valence-corrected chi connectivity index (χ2v) is 8.84. The van der Waals surface area contributed by atoms with Crippen molar-refractivity contribution in [1.29, 1.82) is 0 Å². The van der Waals surface area contributed by atoms with E-state index in [0.29, 0.717) is 4.75 Å². The van der Waals surface area contributed by atoms with Crippen molar-refractivity contribution in [2.24, 2.45) is 4.99 Å². The van der Waals surface area contributed by atoms with E-state index in [0.717, 1.165) is 19.0 Å². The van der Waals surface area contributed by atoms with E-state index in [-0.39, 0.29) is 4.75 Å². The Morgan fingerprint density at radius 1 is 1.44 bits per heavy atom. The Bertz CT molecular complexity index is 284. The number of aliphatic imine (C=N–C) groups is 1. The van der Waals surface area contributed by atoms with Crippen LogP contribution in [0, 0.1) is 0 Å². The average Bonchev–Trinajstić information content (AvgIpc) is 2.77. The minimum absolute atomic E-state index is 0.240. The van der Waals surface area contributed by atoms with Crippen molar-refractivity contribution in [3.05, 3.63) is 0 Å². The Kier molecular flexibility index (Phi) is 6.18. The number of rotatable bonds is 5. The Morgan fingerprint density at radius 3 is 2.67 bits per heavy atom. The van der Waals surface area contributed by atoms with Gasteiger partial charge in [-0.15, -0.1) is 0 Å². The van der Waals surface area contributed by atoms with Crippen LogP contribution in [0.3, 0.4) is 0 Å². The van der Waals surface area contributed by atoms with E-state index in [2.05, 4.69) is 54.4 Å². The molecule has 0 amide bonds. The maximum Gasteiger partial charge on any atom is 0.191 e. The van der Waals surface area contributed by atoms with Crippen LogP contribution in [0.1, 0.15) is 33.6 Å². The molecule has 3 nitrogen and oxygen atoms in total. The van der Waals surface area contributed by atoms with Gasteiger partial charge in [-0.25, -0.2) is 0 Å². The van der Waals surface area contributed by atoms with Crippen LogP contribution in [0.2, 0.25) is 0 Å². The molecule has 1 atom stereocenters. The topological polar surface area (TPSA) is 36.4 Å². The second-order valence-electron chi connectivity index (χ2n) is 5.65. The number of hydrogen-bond acceptors (Lipinski definition) is 3. The number of guanidine groups is 1. The minimum Gasteiger partial charge on any atom is -0.355 e. The van der Waals surface area contributed by atoms with E-state index in [1.165, 1.54) is 18.6 Å². The minimum atomic E-state index is 0.240. The maximum absolute atomic E-state index is 4.29. The van der Waals surface area contributed by atoms with Crippen molar-refractivity contribution in [3.63, 3.8) is 0 Å². The van der Waals surface area contributed by atoms with Gasteiger partial charge in [-0.2, -0.15) is 23.5 Å². The zero-order valence-electron chi connectivity index (χ0n) is 12.3. The number of nitrogens with zero attached hydrogens (tertiary/aromatic N) is 1. The SMILES string of the molecule is CN=C(NCC(C)(C)SC)NCC1(C)CCCS1. The predicted octanol–water partition coefficient (Wildman–Crippen LogP) is 2.58. The normalized spacial score (nSPS) is 25.3. The number of thioether (sulfide) groups is 2. The highest BCUT2D eigenvalue weighted by Gasteiger charge is 2.29. The largest absolute Gasteiger partial charge is 0.355 e. The molecule has 0 spiro atoms. The summed E-state index contributed by atoms with van der Waals surface area (Å²) in [5, 5.41) is 6.87. The van der Waals surface area contributed by atoms with Crippen LogP contribution >= 0.6 is 23.5 Å². The third-order valence-corrected chi connectivity index (χ3v) is 6.18. The summed E-state index contributed by atoms with van der Waals surface area (Å²) in [6.07, 6.45) is 4.79. The molecular weight excluding hydrogens is 262 g/mol. The van der Waals surface area contributed by atoms with Gasteiger partial charge in [0.15, 0.2) is 5.96 Å². The third kappa shape index (κ3) is 5.31. The van der Waals surface area contributed by atoms with Crippen molar-refractivity contribution < 1.29 is 0 Å². The summed E-state index contributed by atoms with van der Waals surface area (Å²) >= 11 is 3.95. The van der Waals surface area contributed by atoms with E-state index in [1.807, 2.05) is 18.8 Å².